The Hall–Kier alpha value is -1.51. The van der Waals surface area contributed by atoms with E-state index in [1.54, 1.807) is 6.07 Å². The summed E-state index contributed by atoms with van der Waals surface area (Å²) in [4.78, 5) is 13.8. The number of rotatable bonds is 7. The number of carboxylic acids is 1. The maximum Gasteiger partial charge on any atom is 0.336 e. The second kappa shape index (κ2) is 7.48. The third-order valence-electron chi connectivity index (χ3n) is 4.60. The molecule has 0 saturated heterocycles. The molecule has 0 aliphatic carbocycles. The number of carboxylic acid groups (broad SMARTS) is 1. The molecule has 2 rings (SSSR count). The molecule has 1 atom stereocenters. The number of unbranched alkanes of at least 4 members (excludes halogenated alkanes) is 1. The van der Waals surface area contributed by atoms with Crippen molar-refractivity contribution >= 4 is 11.7 Å². The van der Waals surface area contributed by atoms with Crippen molar-refractivity contribution in [1.82, 2.24) is 0 Å². The Bertz CT molecular complexity index is 484. The summed E-state index contributed by atoms with van der Waals surface area (Å²) in [7, 11) is 0. The molecule has 1 heterocycles. The van der Waals surface area contributed by atoms with E-state index in [9.17, 15) is 9.90 Å². The van der Waals surface area contributed by atoms with Crippen LogP contribution in [0.2, 0.25) is 0 Å². The minimum Gasteiger partial charge on any atom is -0.478 e. The molecule has 0 fully saturated rings. The fourth-order valence-corrected chi connectivity index (χ4v) is 3.32. The van der Waals surface area contributed by atoms with Crippen LogP contribution in [0, 0.1) is 5.92 Å². The second-order valence-corrected chi connectivity index (χ2v) is 6.07. The van der Waals surface area contributed by atoms with Gasteiger partial charge in [0.15, 0.2) is 0 Å². The molecule has 116 valence electrons. The highest BCUT2D eigenvalue weighted by Crippen LogP contribution is 2.31. The fraction of sp³-hybridized carbons (Fsp3) is 0.611. The number of fused-ring (bicyclic) bond motifs is 1. The van der Waals surface area contributed by atoms with Crippen LogP contribution in [-0.4, -0.2) is 24.2 Å². The van der Waals surface area contributed by atoms with Crippen LogP contribution in [0.15, 0.2) is 18.2 Å². The molecule has 3 heteroatoms. The summed E-state index contributed by atoms with van der Waals surface area (Å²) in [5.41, 5.74) is 2.66. The van der Waals surface area contributed by atoms with Crippen molar-refractivity contribution in [2.45, 2.75) is 52.4 Å². The molecule has 1 N–H and O–H groups in total. The monoisotopic (exact) mass is 289 g/mol. The van der Waals surface area contributed by atoms with Gasteiger partial charge in [-0.15, -0.1) is 0 Å². The van der Waals surface area contributed by atoms with E-state index >= 15 is 0 Å². The smallest absolute Gasteiger partial charge is 0.336 e. The average Bonchev–Trinajstić information content (AvgIpc) is 2.50. The SMILES string of the molecule is CCCCC(CC)CN1CCCc2c(C(=O)O)cccc21. The van der Waals surface area contributed by atoms with Gasteiger partial charge in [-0.05, 0) is 42.9 Å². The third kappa shape index (κ3) is 3.78. The van der Waals surface area contributed by atoms with E-state index in [1.807, 2.05) is 6.07 Å². The molecule has 1 unspecified atom stereocenters. The molecule has 0 spiro atoms. The Morgan fingerprint density at radius 1 is 1.38 bits per heavy atom. The highest BCUT2D eigenvalue weighted by atomic mass is 16.4. The van der Waals surface area contributed by atoms with Gasteiger partial charge in [0.25, 0.3) is 0 Å². The first-order chi connectivity index (χ1) is 10.2. The first kappa shape index (κ1) is 15.9. The highest BCUT2D eigenvalue weighted by Gasteiger charge is 2.23. The van der Waals surface area contributed by atoms with Gasteiger partial charge in [0, 0.05) is 18.8 Å². The predicted molar refractivity (Wildman–Crippen MR) is 87.2 cm³/mol. The molecule has 1 aliphatic rings. The second-order valence-electron chi connectivity index (χ2n) is 6.07. The summed E-state index contributed by atoms with van der Waals surface area (Å²) in [6, 6.07) is 5.71. The van der Waals surface area contributed by atoms with Crippen molar-refractivity contribution in [1.29, 1.82) is 0 Å². The largest absolute Gasteiger partial charge is 0.478 e. The fourth-order valence-electron chi connectivity index (χ4n) is 3.32. The molecule has 21 heavy (non-hydrogen) atoms. The summed E-state index contributed by atoms with van der Waals surface area (Å²) in [5.74, 6) is -0.0869. The van der Waals surface area contributed by atoms with E-state index in [0.717, 1.165) is 37.2 Å². The van der Waals surface area contributed by atoms with Gasteiger partial charge in [0.1, 0.15) is 0 Å². The van der Waals surface area contributed by atoms with E-state index in [-0.39, 0.29) is 0 Å². The molecule has 0 amide bonds. The lowest BCUT2D eigenvalue weighted by Crippen LogP contribution is -2.34. The van der Waals surface area contributed by atoms with Crippen LogP contribution < -0.4 is 4.90 Å². The summed E-state index contributed by atoms with van der Waals surface area (Å²) < 4.78 is 0. The normalized spacial score (nSPS) is 15.6. The standard InChI is InChI=1S/C18H27NO2/c1-3-5-8-14(4-2)13-19-12-7-10-15-16(18(20)21)9-6-11-17(15)19/h6,9,11,14H,3-5,7-8,10,12-13H2,1-2H3,(H,20,21). The minimum absolute atomic E-state index is 0.485. The molecule has 0 aromatic heterocycles. The third-order valence-corrected chi connectivity index (χ3v) is 4.60. The molecule has 1 aromatic rings. The van der Waals surface area contributed by atoms with Gasteiger partial charge in [0.2, 0.25) is 0 Å². The zero-order valence-electron chi connectivity index (χ0n) is 13.3. The van der Waals surface area contributed by atoms with Crippen LogP contribution in [0.1, 0.15) is 61.9 Å². The van der Waals surface area contributed by atoms with Crippen LogP contribution in [0.3, 0.4) is 0 Å². The Morgan fingerprint density at radius 3 is 2.86 bits per heavy atom. The van der Waals surface area contributed by atoms with Crippen LogP contribution >= 0.6 is 0 Å². The summed E-state index contributed by atoms with van der Waals surface area (Å²) in [6.45, 7) is 6.62. The molecule has 1 aromatic carbocycles. The first-order valence-electron chi connectivity index (χ1n) is 8.27. The summed E-state index contributed by atoms with van der Waals surface area (Å²) >= 11 is 0. The van der Waals surface area contributed by atoms with E-state index in [1.165, 1.54) is 25.7 Å². The number of nitrogens with zero attached hydrogens (tertiary/aromatic N) is 1. The van der Waals surface area contributed by atoms with Gasteiger partial charge in [0.05, 0.1) is 5.56 Å². The predicted octanol–water partition coefficient (Wildman–Crippen LogP) is 4.35. The number of carbonyl (C=O) groups is 1. The molecular weight excluding hydrogens is 262 g/mol. The number of benzene rings is 1. The number of hydrogen-bond acceptors (Lipinski definition) is 2. The highest BCUT2D eigenvalue weighted by molar-refractivity contribution is 5.91. The van der Waals surface area contributed by atoms with Gasteiger partial charge in [-0.1, -0.05) is 39.2 Å². The minimum atomic E-state index is -0.799. The molecular formula is C18H27NO2. The zero-order chi connectivity index (χ0) is 15.2. The van der Waals surface area contributed by atoms with Crippen LogP contribution in [-0.2, 0) is 6.42 Å². The Kier molecular flexibility index (Phi) is 5.66. The van der Waals surface area contributed by atoms with Gasteiger partial charge in [-0.25, -0.2) is 4.79 Å². The number of anilines is 1. The van der Waals surface area contributed by atoms with Crippen LogP contribution in [0.4, 0.5) is 5.69 Å². The molecule has 0 saturated carbocycles. The molecule has 3 nitrogen and oxygen atoms in total. The van der Waals surface area contributed by atoms with Crippen molar-refractivity contribution in [2.24, 2.45) is 5.92 Å². The maximum atomic E-state index is 11.4. The number of hydrogen-bond donors (Lipinski definition) is 1. The number of aromatic carboxylic acids is 1. The van der Waals surface area contributed by atoms with E-state index in [0.29, 0.717) is 11.5 Å². The van der Waals surface area contributed by atoms with Crippen molar-refractivity contribution in [2.75, 3.05) is 18.0 Å². The molecule has 1 aliphatic heterocycles. The van der Waals surface area contributed by atoms with Gasteiger partial charge < -0.3 is 10.0 Å². The lowest BCUT2D eigenvalue weighted by molar-refractivity contribution is 0.0695. The zero-order valence-corrected chi connectivity index (χ0v) is 13.3. The average molecular weight is 289 g/mol. The first-order valence-corrected chi connectivity index (χ1v) is 8.27. The Labute approximate surface area is 128 Å². The Morgan fingerprint density at radius 2 is 2.19 bits per heavy atom. The Balaban J connectivity index is 2.18. The molecule has 0 bridgehead atoms. The lowest BCUT2D eigenvalue weighted by atomic mass is 9.93. The quantitative estimate of drug-likeness (QED) is 0.811. The van der Waals surface area contributed by atoms with E-state index in [4.69, 9.17) is 0 Å². The summed E-state index contributed by atoms with van der Waals surface area (Å²) in [5, 5.41) is 9.35. The van der Waals surface area contributed by atoms with Crippen molar-refractivity contribution in [3.05, 3.63) is 29.3 Å². The van der Waals surface area contributed by atoms with Crippen molar-refractivity contribution < 1.29 is 9.90 Å². The van der Waals surface area contributed by atoms with Crippen molar-refractivity contribution in [3.63, 3.8) is 0 Å². The van der Waals surface area contributed by atoms with E-state index < -0.39 is 5.97 Å². The van der Waals surface area contributed by atoms with Crippen LogP contribution in [0.25, 0.3) is 0 Å². The maximum absolute atomic E-state index is 11.4. The summed E-state index contributed by atoms with van der Waals surface area (Å²) in [6.07, 6.45) is 6.95. The topological polar surface area (TPSA) is 40.5 Å². The van der Waals surface area contributed by atoms with Crippen molar-refractivity contribution in [3.8, 4) is 0 Å². The van der Waals surface area contributed by atoms with Gasteiger partial charge in [-0.3, -0.25) is 0 Å². The van der Waals surface area contributed by atoms with Gasteiger partial charge >= 0.3 is 5.97 Å². The lowest BCUT2D eigenvalue weighted by Gasteiger charge is -2.34. The van der Waals surface area contributed by atoms with Crippen LogP contribution in [0.5, 0.6) is 0 Å². The van der Waals surface area contributed by atoms with Gasteiger partial charge in [-0.2, -0.15) is 0 Å². The molecule has 0 radical (unpaired) electrons. The van der Waals surface area contributed by atoms with E-state index in [2.05, 4.69) is 24.8 Å².